The highest BCUT2D eigenvalue weighted by Gasteiger charge is 2.20. The quantitative estimate of drug-likeness (QED) is 0.875. The SMILES string of the molecule is C[C@@H](NCc1ccccc1S(=O)(=O)N(C)C)c1cccc(C#N)c1. The van der Waals surface area contributed by atoms with Gasteiger partial charge in [0.05, 0.1) is 16.5 Å². The number of nitrogens with one attached hydrogen (secondary N) is 1. The third-order valence-corrected chi connectivity index (χ3v) is 5.76. The number of nitriles is 1. The first-order chi connectivity index (χ1) is 11.4. The zero-order valence-corrected chi connectivity index (χ0v) is 14.8. The van der Waals surface area contributed by atoms with Crippen LogP contribution in [0.1, 0.15) is 29.7 Å². The van der Waals surface area contributed by atoms with Crippen molar-refractivity contribution in [2.24, 2.45) is 0 Å². The summed E-state index contributed by atoms with van der Waals surface area (Å²) >= 11 is 0. The molecule has 1 N–H and O–H groups in total. The van der Waals surface area contributed by atoms with Crippen LogP contribution >= 0.6 is 0 Å². The topological polar surface area (TPSA) is 73.2 Å². The molecule has 0 aliphatic heterocycles. The lowest BCUT2D eigenvalue weighted by atomic mass is 10.1. The van der Waals surface area contributed by atoms with E-state index < -0.39 is 10.0 Å². The molecule has 0 aromatic heterocycles. The molecule has 0 spiro atoms. The van der Waals surface area contributed by atoms with Crippen molar-refractivity contribution in [3.05, 3.63) is 65.2 Å². The lowest BCUT2D eigenvalue weighted by Crippen LogP contribution is -2.25. The second kappa shape index (κ2) is 7.58. The molecule has 0 radical (unpaired) electrons. The van der Waals surface area contributed by atoms with Crippen LogP contribution in [0.5, 0.6) is 0 Å². The summed E-state index contributed by atoms with van der Waals surface area (Å²) in [5.74, 6) is 0. The monoisotopic (exact) mass is 343 g/mol. The van der Waals surface area contributed by atoms with Gasteiger partial charge in [-0.15, -0.1) is 0 Å². The van der Waals surface area contributed by atoms with E-state index >= 15 is 0 Å². The highest BCUT2D eigenvalue weighted by molar-refractivity contribution is 7.89. The fourth-order valence-electron chi connectivity index (χ4n) is 2.36. The van der Waals surface area contributed by atoms with E-state index in [1.807, 2.05) is 37.3 Å². The Morgan fingerprint density at radius 3 is 2.54 bits per heavy atom. The second-order valence-electron chi connectivity index (χ2n) is 5.74. The first-order valence-electron chi connectivity index (χ1n) is 7.60. The summed E-state index contributed by atoms with van der Waals surface area (Å²) in [4.78, 5) is 0.306. The molecule has 0 unspecified atom stereocenters. The maximum absolute atomic E-state index is 12.4. The Morgan fingerprint density at radius 2 is 1.88 bits per heavy atom. The zero-order chi connectivity index (χ0) is 17.7. The fourth-order valence-corrected chi connectivity index (χ4v) is 3.47. The molecule has 0 bridgehead atoms. The predicted octanol–water partition coefficient (Wildman–Crippen LogP) is 2.66. The highest BCUT2D eigenvalue weighted by Crippen LogP contribution is 2.20. The lowest BCUT2D eigenvalue weighted by Gasteiger charge is -2.18. The number of hydrogen-bond acceptors (Lipinski definition) is 4. The van der Waals surface area contributed by atoms with Crippen LogP contribution in [0.3, 0.4) is 0 Å². The average Bonchev–Trinajstić information content (AvgIpc) is 2.59. The van der Waals surface area contributed by atoms with Crippen LogP contribution in [-0.2, 0) is 16.6 Å². The van der Waals surface area contributed by atoms with Crippen molar-refractivity contribution in [3.63, 3.8) is 0 Å². The minimum atomic E-state index is -3.48. The summed E-state index contributed by atoms with van der Waals surface area (Å²) in [6.45, 7) is 2.40. The Bertz CT molecular complexity index is 855. The maximum atomic E-state index is 12.4. The molecule has 2 aromatic rings. The van der Waals surface area contributed by atoms with Crippen molar-refractivity contribution < 1.29 is 8.42 Å². The largest absolute Gasteiger partial charge is 0.306 e. The number of sulfonamides is 1. The van der Waals surface area contributed by atoms with Crippen LogP contribution in [0, 0.1) is 11.3 Å². The van der Waals surface area contributed by atoms with Gasteiger partial charge in [-0.25, -0.2) is 12.7 Å². The fraction of sp³-hybridized carbons (Fsp3) is 0.278. The van der Waals surface area contributed by atoms with Crippen molar-refractivity contribution in [3.8, 4) is 6.07 Å². The minimum Gasteiger partial charge on any atom is -0.306 e. The molecule has 0 fully saturated rings. The van der Waals surface area contributed by atoms with Gasteiger partial charge in [-0.05, 0) is 36.2 Å². The van der Waals surface area contributed by atoms with Crippen LogP contribution in [0.25, 0.3) is 0 Å². The minimum absolute atomic E-state index is 0.00610. The lowest BCUT2D eigenvalue weighted by molar-refractivity contribution is 0.516. The molecule has 0 saturated carbocycles. The Hall–Kier alpha value is -2.20. The zero-order valence-electron chi connectivity index (χ0n) is 14.0. The van der Waals surface area contributed by atoms with E-state index in [-0.39, 0.29) is 6.04 Å². The van der Waals surface area contributed by atoms with Gasteiger partial charge in [0.25, 0.3) is 0 Å². The van der Waals surface area contributed by atoms with Crippen LogP contribution in [0.15, 0.2) is 53.4 Å². The van der Waals surface area contributed by atoms with Crippen molar-refractivity contribution in [1.29, 1.82) is 5.26 Å². The van der Waals surface area contributed by atoms with Crippen molar-refractivity contribution in [1.82, 2.24) is 9.62 Å². The Morgan fingerprint density at radius 1 is 1.17 bits per heavy atom. The van der Waals surface area contributed by atoms with E-state index in [1.165, 1.54) is 18.4 Å². The van der Waals surface area contributed by atoms with E-state index in [0.717, 1.165) is 11.1 Å². The number of nitrogens with zero attached hydrogens (tertiary/aromatic N) is 2. The Balaban J connectivity index is 2.20. The van der Waals surface area contributed by atoms with E-state index in [9.17, 15) is 8.42 Å². The second-order valence-corrected chi connectivity index (χ2v) is 7.86. The predicted molar refractivity (Wildman–Crippen MR) is 93.7 cm³/mol. The summed E-state index contributed by atoms with van der Waals surface area (Å²) < 4.78 is 26.0. The average molecular weight is 343 g/mol. The van der Waals surface area contributed by atoms with E-state index in [4.69, 9.17) is 5.26 Å². The molecule has 0 aliphatic carbocycles. The summed E-state index contributed by atoms with van der Waals surface area (Å²) in [6, 6.07) is 16.5. The van der Waals surface area contributed by atoms with Gasteiger partial charge in [0, 0.05) is 26.7 Å². The van der Waals surface area contributed by atoms with Gasteiger partial charge in [-0.1, -0.05) is 30.3 Å². The van der Waals surface area contributed by atoms with Gasteiger partial charge in [0.15, 0.2) is 0 Å². The molecule has 2 aromatic carbocycles. The molecule has 0 amide bonds. The van der Waals surface area contributed by atoms with Crippen molar-refractivity contribution in [2.45, 2.75) is 24.4 Å². The first-order valence-corrected chi connectivity index (χ1v) is 9.04. The van der Waals surface area contributed by atoms with Gasteiger partial charge < -0.3 is 5.32 Å². The Kier molecular flexibility index (Phi) is 5.73. The highest BCUT2D eigenvalue weighted by atomic mass is 32.2. The normalized spacial score (nSPS) is 12.8. The van der Waals surface area contributed by atoms with Crippen LogP contribution in [0.2, 0.25) is 0 Å². The molecule has 5 nitrogen and oxygen atoms in total. The molecule has 126 valence electrons. The van der Waals surface area contributed by atoms with E-state index in [2.05, 4.69) is 11.4 Å². The molecule has 2 rings (SSSR count). The molecular formula is C18H21N3O2S. The van der Waals surface area contributed by atoms with Crippen molar-refractivity contribution in [2.75, 3.05) is 14.1 Å². The molecule has 24 heavy (non-hydrogen) atoms. The number of hydrogen-bond donors (Lipinski definition) is 1. The summed E-state index contributed by atoms with van der Waals surface area (Å²) in [5.41, 5.74) is 2.31. The van der Waals surface area contributed by atoms with Gasteiger partial charge in [0.2, 0.25) is 10.0 Å². The van der Waals surface area contributed by atoms with E-state index in [0.29, 0.717) is 17.0 Å². The summed E-state index contributed by atoms with van der Waals surface area (Å²) in [7, 11) is -0.434. The van der Waals surface area contributed by atoms with Crippen molar-refractivity contribution >= 4 is 10.0 Å². The maximum Gasteiger partial charge on any atom is 0.242 e. The number of rotatable bonds is 6. The third-order valence-electron chi connectivity index (χ3n) is 3.85. The molecule has 0 aliphatic rings. The van der Waals surface area contributed by atoms with E-state index in [1.54, 1.807) is 18.2 Å². The van der Waals surface area contributed by atoms with Gasteiger partial charge in [-0.2, -0.15) is 5.26 Å². The summed E-state index contributed by atoms with van der Waals surface area (Å²) in [6.07, 6.45) is 0. The van der Waals surface area contributed by atoms with Gasteiger partial charge in [0.1, 0.15) is 0 Å². The molecular weight excluding hydrogens is 322 g/mol. The van der Waals surface area contributed by atoms with Crippen LogP contribution in [-0.4, -0.2) is 26.8 Å². The van der Waals surface area contributed by atoms with Crippen LogP contribution < -0.4 is 5.32 Å². The molecule has 0 heterocycles. The van der Waals surface area contributed by atoms with Gasteiger partial charge in [-0.3, -0.25) is 0 Å². The van der Waals surface area contributed by atoms with Gasteiger partial charge >= 0.3 is 0 Å². The third kappa shape index (κ3) is 4.01. The Labute approximate surface area is 143 Å². The smallest absolute Gasteiger partial charge is 0.242 e. The molecule has 0 saturated heterocycles. The molecule has 6 heteroatoms. The first kappa shape index (κ1) is 18.1. The standard InChI is InChI=1S/C18H21N3O2S/c1-14(16-9-6-7-15(11-16)12-19)20-13-17-8-4-5-10-18(17)24(22,23)21(2)3/h4-11,14,20H,13H2,1-3H3/t14-/m1/s1. The number of benzene rings is 2. The molecule has 1 atom stereocenters. The van der Waals surface area contributed by atoms with Crippen LogP contribution in [0.4, 0.5) is 0 Å². The summed E-state index contributed by atoms with van der Waals surface area (Å²) in [5, 5.41) is 12.3.